The van der Waals surface area contributed by atoms with Crippen molar-refractivity contribution in [1.82, 2.24) is 14.9 Å². The number of nitrogens with zero attached hydrogens (tertiary/aromatic N) is 1. The monoisotopic (exact) mass is 513 g/mol. The molecule has 1 aliphatic rings. The minimum Gasteiger partial charge on any atom is -0.296 e. The van der Waals surface area contributed by atoms with Crippen LogP contribution in [0.4, 0.5) is 8.78 Å². The second-order valence-electron chi connectivity index (χ2n) is 9.31. The van der Waals surface area contributed by atoms with Crippen molar-refractivity contribution in [2.75, 3.05) is 18.8 Å². The van der Waals surface area contributed by atoms with Gasteiger partial charge in [0.15, 0.2) is 0 Å². The van der Waals surface area contributed by atoms with Gasteiger partial charge in [-0.1, -0.05) is 55.5 Å². The summed E-state index contributed by atoms with van der Waals surface area (Å²) in [5, 5.41) is 3.38. The van der Waals surface area contributed by atoms with Crippen LogP contribution < -0.4 is 10.0 Å². The van der Waals surface area contributed by atoms with E-state index in [0.717, 1.165) is 22.3 Å². The molecule has 3 aromatic rings. The average Bonchev–Trinajstić information content (AvgIpc) is 2.85. The molecule has 0 spiro atoms. The van der Waals surface area contributed by atoms with Gasteiger partial charge < -0.3 is 0 Å². The molecule has 0 amide bonds. The quantitative estimate of drug-likeness (QED) is 0.369. The molecule has 4 rings (SSSR count). The van der Waals surface area contributed by atoms with Crippen molar-refractivity contribution < 1.29 is 17.2 Å². The number of hydrogen-bond donors (Lipinski definition) is 2. The maximum absolute atomic E-state index is 13.9. The Hall–Kier alpha value is -2.65. The maximum Gasteiger partial charge on any atom is 0.213 e. The molecule has 2 atom stereocenters. The van der Waals surface area contributed by atoms with E-state index in [9.17, 15) is 17.2 Å². The number of sulfonamides is 1. The van der Waals surface area contributed by atoms with Crippen molar-refractivity contribution in [3.05, 3.63) is 107 Å². The van der Waals surface area contributed by atoms with E-state index < -0.39 is 16.2 Å². The summed E-state index contributed by atoms with van der Waals surface area (Å²) in [6.07, 6.45) is 1.40. The Kier molecular flexibility index (Phi) is 8.85. The third-order valence-corrected chi connectivity index (χ3v) is 8.09. The van der Waals surface area contributed by atoms with Gasteiger partial charge in [0.25, 0.3) is 0 Å². The van der Waals surface area contributed by atoms with Gasteiger partial charge in [-0.05, 0) is 65.8 Å². The zero-order valence-electron chi connectivity index (χ0n) is 20.5. The van der Waals surface area contributed by atoms with Gasteiger partial charge in [0.05, 0.1) is 11.9 Å². The van der Waals surface area contributed by atoms with Crippen LogP contribution >= 0.6 is 0 Å². The molecule has 0 aliphatic carbocycles. The van der Waals surface area contributed by atoms with Crippen LogP contribution in [0.25, 0.3) is 0 Å². The highest BCUT2D eigenvalue weighted by Gasteiger charge is 2.27. The first-order valence-corrected chi connectivity index (χ1v) is 14.0. The molecule has 0 saturated heterocycles. The zero-order chi connectivity index (χ0) is 25.5. The van der Waals surface area contributed by atoms with Gasteiger partial charge in [0.2, 0.25) is 10.0 Å². The van der Waals surface area contributed by atoms with Crippen molar-refractivity contribution in [3.8, 4) is 0 Å². The second-order valence-corrected chi connectivity index (χ2v) is 11.2. The molecule has 192 valence electrons. The number of halogens is 2. The van der Waals surface area contributed by atoms with E-state index >= 15 is 0 Å². The predicted molar refractivity (Wildman–Crippen MR) is 139 cm³/mol. The third-order valence-electron chi connectivity index (χ3n) is 6.55. The van der Waals surface area contributed by atoms with Crippen molar-refractivity contribution in [2.24, 2.45) is 0 Å². The first kappa shape index (κ1) is 26.4. The number of benzene rings is 3. The predicted octanol–water partition coefficient (Wildman–Crippen LogP) is 4.55. The smallest absolute Gasteiger partial charge is 0.213 e. The molecule has 5 nitrogen and oxygen atoms in total. The summed E-state index contributed by atoms with van der Waals surface area (Å²) in [5.74, 6) is -0.445. The lowest BCUT2D eigenvalue weighted by atomic mass is 9.90. The number of fused-ring (bicyclic) bond motifs is 1. The molecule has 1 heterocycles. The molecule has 0 aromatic heterocycles. The van der Waals surface area contributed by atoms with E-state index in [1.165, 1.54) is 18.2 Å². The number of nitrogens with one attached hydrogen (secondary N) is 2. The van der Waals surface area contributed by atoms with Gasteiger partial charge in [-0.15, -0.1) is 0 Å². The molecule has 3 aromatic carbocycles. The summed E-state index contributed by atoms with van der Waals surface area (Å²) >= 11 is 0. The molecule has 0 saturated carbocycles. The Morgan fingerprint density at radius 2 is 1.69 bits per heavy atom. The van der Waals surface area contributed by atoms with Crippen LogP contribution in [0.5, 0.6) is 0 Å². The Labute approximate surface area is 212 Å². The lowest BCUT2D eigenvalue weighted by molar-refractivity contribution is 0.168. The summed E-state index contributed by atoms with van der Waals surface area (Å²) in [6, 6.07) is 21.0. The first-order chi connectivity index (χ1) is 17.3. The van der Waals surface area contributed by atoms with Gasteiger partial charge in [-0.3, -0.25) is 10.2 Å². The Bertz CT molecular complexity index is 1240. The van der Waals surface area contributed by atoms with Crippen molar-refractivity contribution in [2.45, 2.75) is 44.9 Å². The van der Waals surface area contributed by atoms with Crippen molar-refractivity contribution >= 4 is 10.0 Å². The molecular weight excluding hydrogens is 480 g/mol. The summed E-state index contributed by atoms with van der Waals surface area (Å²) in [4.78, 5) is 2.33. The fourth-order valence-electron chi connectivity index (χ4n) is 4.76. The highest BCUT2D eigenvalue weighted by Crippen LogP contribution is 2.26. The van der Waals surface area contributed by atoms with Gasteiger partial charge in [-0.2, -0.15) is 4.72 Å². The third kappa shape index (κ3) is 7.20. The van der Waals surface area contributed by atoms with Gasteiger partial charge in [0.1, 0.15) is 11.6 Å². The highest BCUT2D eigenvalue weighted by molar-refractivity contribution is 7.89. The molecule has 0 radical (unpaired) electrons. The van der Waals surface area contributed by atoms with Crippen LogP contribution in [0.1, 0.15) is 41.8 Å². The number of hydrogen-bond acceptors (Lipinski definition) is 4. The molecule has 8 heteroatoms. The molecule has 2 unspecified atom stereocenters. The molecular formula is C28H33F2N3O2S. The Morgan fingerprint density at radius 3 is 2.42 bits per heavy atom. The summed E-state index contributed by atoms with van der Waals surface area (Å²) in [7, 11) is -3.43. The van der Waals surface area contributed by atoms with E-state index in [1.54, 1.807) is 18.2 Å². The average molecular weight is 514 g/mol. The van der Waals surface area contributed by atoms with Crippen LogP contribution in [0.2, 0.25) is 0 Å². The second kappa shape index (κ2) is 12.1. The largest absolute Gasteiger partial charge is 0.296 e. The standard InChI is InChI=1S/C28H33F2N3O2S/c1-2-16-36(34,35)32-28(22-6-4-3-5-7-22)31-14-15-33-20-23-10-13-26(30)18-24(23)19-27(33)17-21-8-11-25(29)12-9-21/h3-13,18,27-28,31-32H,2,14-17,19-20H2,1H3. The first-order valence-electron chi connectivity index (χ1n) is 12.4. The van der Waals surface area contributed by atoms with Crippen LogP contribution in [0, 0.1) is 11.6 Å². The molecule has 36 heavy (non-hydrogen) atoms. The fraction of sp³-hybridized carbons (Fsp3) is 0.357. The Balaban J connectivity index is 1.48. The molecule has 1 aliphatic heterocycles. The minimum absolute atomic E-state index is 0.0667. The highest BCUT2D eigenvalue weighted by atomic mass is 32.2. The Morgan fingerprint density at radius 1 is 0.972 bits per heavy atom. The summed E-state index contributed by atoms with van der Waals surface area (Å²) in [6.45, 7) is 3.72. The topological polar surface area (TPSA) is 61.4 Å². The van der Waals surface area contributed by atoms with Crippen LogP contribution in [-0.4, -0.2) is 38.2 Å². The van der Waals surface area contributed by atoms with Crippen LogP contribution in [-0.2, 0) is 29.4 Å². The minimum atomic E-state index is -3.43. The lowest BCUT2D eigenvalue weighted by Gasteiger charge is -2.37. The van der Waals surface area contributed by atoms with Crippen LogP contribution in [0.15, 0.2) is 72.8 Å². The summed E-state index contributed by atoms with van der Waals surface area (Å²) in [5.41, 5.74) is 3.96. The molecule has 0 bridgehead atoms. The number of rotatable bonds is 11. The van der Waals surface area contributed by atoms with Gasteiger partial charge >= 0.3 is 0 Å². The molecule has 0 fully saturated rings. The van der Waals surface area contributed by atoms with E-state index in [2.05, 4.69) is 14.9 Å². The van der Waals surface area contributed by atoms with E-state index in [1.807, 2.05) is 43.3 Å². The normalized spacial score (nSPS) is 17.0. The van der Waals surface area contributed by atoms with Gasteiger partial charge in [-0.25, -0.2) is 17.2 Å². The summed E-state index contributed by atoms with van der Waals surface area (Å²) < 4.78 is 55.1. The van der Waals surface area contributed by atoms with Crippen molar-refractivity contribution in [1.29, 1.82) is 0 Å². The maximum atomic E-state index is 13.9. The van der Waals surface area contributed by atoms with E-state index in [-0.39, 0.29) is 23.4 Å². The molecule has 2 N–H and O–H groups in total. The van der Waals surface area contributed by atoms with Crippen molar-refractivity contribution in [3.63, 3.8) is 0 Å². The lowest BCUT2D eigenvalue weighted by Crippen LogP contribution is -2.47. The fourth-order valence-corrected chi connectivity index (χ4v) is 5.99. The van der Waals surface area contributed by atoms with Gasteiger partial charge in [0, 0.05) is 25.7 Å². The van der Waals surface area contributed by atoms with E-state index in [0.29, 0.717) is 38.9 Å². The SMILES string of the molecule is CCCS(=O)(=O)NC(NCCN1Cc2ccc(F)cc2CC1Cc1ccc(F)cc1)c1ccccc1. The zero-order valence-corrected chi connectivity index (χ0v) is 21.3. The van der Waals surface area contributed by atoms with E-state index in [4.69, 9.17) is 0 Å². The van der Waals surface area contributed by atoms with Crippen LogP contribution in [0.3, 0.4) is 0 Å².